The van der Waals surface area contributed by atoms with Crippen LogP contribution in [0.5, 0.6) is 5.75 Å². The van der Waals surface area contributed by atoms with Crippen molar-refractivity contribution in [3.8, 4) is 5.75 Å². The second kappa shape index (κ2) is 6.90. The molecule has 0 fully saturated rings. The zero-order valence-corrected chi connectivity index (χ0v) is 10.7. The Labute approximate surface area is 96.3 Å². The Hall–Kier alpha value is -0.488. The van der Waals surface area contributed by atoms with Gasteiger partial charge in [-0.2, -0.15) is 0 Å². The molecule has 1 aromatic carbocycles. The molecule has 0 aliphatic rings. The van der Waals surface area contributed by atoms with Crippen LogP contribution in [-0.2, 0) is 0 Å². The van der Waals surface area contributed by atoms with Gasteiger partial charge in [0.1, 0.15) is 5.75 Å². The fourth-order valence-corrected chi connectivity index (χ4v) is 4.05. The van der Waals surface area contributed by atoms with E-state index in [1.54, 1.807) is 0 Å². The highest BCUT2D eigenvalue weighted by molar-refractivity contribution is 6.60. The fourth-order valence-electron chi connectivity index (χ4n) is 1.77. The first-order valence-corrected chi connectivity index (χ1v) is 7.94. The molecule has 1 atom stereocenters. The van der Waals surface area contributed by atoms with E-state index in [2.05, 4.69) is 13.8 Å². The molecule has 0 aromatic heterocycles. The third kappa shape index (κ3) is 3.87. The molecule has 1 unspecified atom stereocenters. The van der Waals surface area contributed by atoms with Gasteiger partial charge in [-0.3, -0.25) is 0 Å². The molecule has 2 nitrogen and oxygen atoms in total. The number of benzene rings is 1. The van der Waals surface area contributed by atoms with Gasteiger partial charge in [0.05, 0.1) is 11.6 Å². The quantitative estimate of drug-likeness (QED) is 0.749. The predicted molar refractivity (Wildman–Crippen MR) is 64.7 cm³/mol. The molecule has 0 spiro atoms. The summed E-state index contributed by atoms with van der Waals surface area (Å²) in [6, 6.07) is 9.77. The third-order valence-corrected chi connectivity index (χ3v) is 6.28. The molecule has 0 saturated heterocycles. The third-order valence-electron chi connectivity index (χ3n) is 2.79. The van der Waals surface area contributed by atoms with Gasteiger partial charge in [0.25, 0.3) is 0 Å². The van der Waals surface area contributed by atoms with Gasteiger partial charge < -0.3 is 9.84 Å². The maximum Gasteiger partial charge on any atom is 0.328 e. The number of rotatable bonds is 6. The minimum Gasteiger partial charge on any atom is -0.504 e. The Kier molecular flexibility index (Phi) is 5.79. The lowest BCUT2D eigenvalue weighted by atomic mass is 10.3. The van der Waals surface area contributed by atoms with Crippen LogP contribution >= 0.6 is 0 Å². The summed E-state index contributed by atoms with van der Waals surface area (Å²) in [5.41, 5.74) is 0. The fraction of sp³-hybridized carbons (Fsp3) is 0.500. The molecule has 15 heavy (non-hydrogen) atoms. The van der Waals surface area contributed by atoms with Crippen LogP contribution in [0.4, 0.5) is 0 Å². The van der Waals surface area contributed by atoms with E-state index in [4.69, 9.17) is 4.74 Å². The largest absolute Gasteiger partial charge is 0.504 e. The van der Waals surface area contributed by atoms with Crippen molar-refractivity contribution < 1.29 is 9.84 Å². The maximum atomic E-state index is 9.33. The second-order valence-electron chi connectivity index (χ2n) is 3.73. The lowest BCUT2D eigenvalue weighted by molar-refractivity contribution is 0.166. The lowest BCUT2D eigenvalue weighted by Gasteiger charge is -2.21. The number of ether oxygens (including phenoxy) is 1. The van der Waals surface area contributed by atoms with Gasteiger partial charge in [0.15, 0.2) is 0 Å². The Morgan fingerprint density at radius 2 is 1.80 bits per heavy atom. The standard InChI is InChI=1S/C8H9O2.2C2H5.Al/c9-6-7-10-8-4-2-1-3-5-8;2*1-2;/h1-5,7,9H,6H2;2*1H2,2H3;. The molecule has 0 radical (unpaired) electrons. The molecular formula is C12H19AlO2. The summed E-state index contributed by atoms with van der Waals surface area (Å²) in [6.07, 6.45) is 0. The molecule has 82 valence electrons. The summed E-state index contributed by atoms with van der Waals surface area (Å²) in [4.78, 5) is 0.0578. The Balaban J connectivity index is 2.61. The normalized spacial score (nSPS) is 12.2. The second-order valence-corrected chi connectivity index (χ2v) is 7.63. The molecule has 3 heteroatoms. The molecule has 0 aliphatic carbocycles. The van der Waals surface area contributed by atoms with E-state index in [9.17, 15) is 5.11 Å². The van der Waals surface area contributed by atoms with Gasteiger partial charge in [-0.05, 0) is 12.1 Å². The summed E-state index contributed by atoms with van der Waals surface area (Å²) in [5, 5.41) is 11.7. The molecule has 1 aromatic rings. The first kappa shape index (κ1) is 12.6. The van der Waals surface area contributed by atoms with Crippen molar-refractivity contribution in [2.75, 3.05) is 6.61 Å². The van der Waals surface area contributed by atoms with Crippen molar-refractivity contribution in [2.24, 2.45) is 0 Å². The van der Waals surface area contributed by atoms with E-state index in [1.165, 1.54) is 10.6 Å². The summed E-state index contributed by atoms with van der Waals surface area (Å²) >= 11 is -0.949. The van der Waals surface area contributed by atoms with Gasteiger partial charge >= 0.3 is 14.1 Å². The van der Waals surface area contributed by atoms with Crippen molar-refractivity contribution in [1.29, 1.82) is 0 Å². The van der Waals surface area contributed by atoms with Crippen molar-refractivity contribution in [2.45, 2.75) is 29.4 Å². The lowest BCUT2D eigenvalue weighted by Crippen LogP contribution is -2.37. The first-order valence-electron chi connectivity index (χ1n) is 5.64. The number of aliphatic hydroxyl groups is 1. The van der Waals surface area contributed by atoms with Crippen LogP contribution in [0.25, 0.3) is 0 Å². The minimum atomic E-state index is -0.949. The molecule has 0 amide bonds. The summed E-state index contributed by atoms with van der Waals surface area (Å²) < 4.78 is 5.82. The summed E-state index contributed by atoms with van der Waals surface area (Å²) in [6.45, 7) is 4.53. The highest BCUT2D eigenvalue weighted by Crippen LogP contribution is 2.14. The minimum absolute atomic E-state index is 0.0578. The van der Waals surface area contributed by atoms with Crippen LogP contribution < -0.4 is 4.74 Å². The van der Waals surface area contributed by atoms with Crippen LogP contribution in [0.3, 0.4) is 0 Å². The first-order chi connectivity index (χ1) is 7.31. The van der Waals surface area contributed by atoms with Gasteiger partial charge in [0.2, 0.25) is 0 Å². The van der Waals surface area contributed by atoms with Gasteiger partial charge in [-0.1, -0.05) is 42.6 Å². The van der Waals surface area contributed by atoms with E-state index >= 15 is 0 Å². The van der Waals surface area contributed by atoms with Crippen molar-refractivity contribution in [3.63, 3.8) is 0 Å². The number of hydrogen-bond acceptors (Lipinski definition) is 2. The van der Waals surface area contributed by atoms with Gasteiger partial charge in [0, 0.05) is 0 Å². The van der Waals surface area contributed by atoms with Crippen LogP contribution in [-0.4, -0.2) is 30.8 Å². The van der Waals surface area contributed by atoms with Crippen molar-refractivity contribution in [1.82, 2.24) is 0 Å². The average Bonchev–Trinajstić information content (AvgIpc) is 2.30. The smallest absolute Gasteiger partial charge is 0.328 e. The van der Waals surface area contributed by atoms with Crippen molar-refractivity contribution in [3.05, 3.63) is 30.3 Å². The van der Waals surface area contributed by atoms with Crippen molar-refractivity contribution >= 4 is 14.1 Å². The Bertz CT molecular complexity index is 260. The highest BCUT2D eigenvalue weighted by Gasteiger charge is 2.26. The average molecular weight is 222 g/mol. The van der Waals surface area contributed by atoms with Crippen LogP contribution in [0.15, 0.2) is 30.3 Å². The van der Waals surface area contributed by atoms with Crippen LogP contribution in [0, 0.1) is 0 Å². The zero-order valence-electron chi connectivity index (χ0n) is 9.52. The SMILES string of the molecule is C[CH2][Al]([CH2]C)[CH](CO)Oc1ccccc1. The molecule has 0 aliphatic heterocycles. The summed E-state index contributed by atoms with van der Waals surface area (Å²) in [7, 11) is 0. The van der Waals surface area contributed by atoms with E-state index in [0.29, 0.717) is 0 Å². The maximum absolute atomic E-state index is 9.33. The molecular weight excluding hydrogens is 203 g/mol. The predicted octanol–water partition coefficient (Wildman–Crippen LogP) is 2.50. The molecule has 1 rings (SSSR count). The van der Waals surface area contributed by atoms with E-state index in [0.717, 1.165) is 5.75 Å². The number of hydrogen-bond donors (Lipinski definition) is 1. The monoisotopic (exact) mass is 222 g/mol. The number of aliphatic hydroxyl groups excluding tert-OH is 1. The van der Waals surface area contributed by atoms with Gasteiger partial charge in [-0.15, -0.1) is 0 Å². The Morgan fingerprint density at radius 3 is 2.27 bits per heavy atom. The summed E-state index contributed by atoms with van der Waals surface area (Å²) in [5.74, 6) is 0.871. The highest BCUT2D eigenvalue weighted by atomic mass is 27.2. The van der Waals surface area contributed by atoms with Gasteiger partial charge in [-0.25, -0.2) is 0 Å². The number of para-hydroxylation sites is 1. The Morgan fingerprint density at radius 1 is 1.20 bits per heavy atom. The van der Waals surface area contributed by atoms with E-state index in [1.807, 2.05) is 30.3 Å². The molecule has 1 N–H and O–H groups in total. The topological polar surface area (TPSA) is 29.5 Å². The molecule has 0 saturated carbocycles. The van der Waals surface area contributed by atoms with Crippen LogP contribution in [0.1, 0.15) is 13.8 Å². The molecule has 0 heterocycles. The van der Waals surface area contributed by atoms with Crippen LogP contribution in [0.2, 0.25) is 10.6 Å². The molecule has 0 bridgehead atoms. The van der Waals surface area contributed by atoms with E-state index in [-0.39, 0.29) is 11.6 Å². The zero-order chi connectivity index (χ0) is 11.1. The van der Waals surface area contributed by atoms with E-state index < -0.39 is 14.1 Å².